The third-order valence-corrected chi connectivity index (χ3v) is 2.02. The number of nitrogens with two attached hydrogens (primary N) is 1. The number of hydrogen-bond acceptors (Lipinski definition) is 1. The van der Waals surface area contributed by atoms with Gasteiger partial charge >= 0.3 is 0 Å². The van der Waals surface area contributed by atoms with E-state index in [1.807, 2.05) is 24.3 Å². The van der Waals surface area contributed by atoms with Crippen molar-refractivity contribution in [3.8, 4) is 0 Å². The summed E-state index contributed by atoms with van der Waals surface area (Å²) in [6, 6.07) is 8.01. The van der Waals surface area contributed by atoms with Gasteiger partial charge in [0.25, 0.3) is 0 Å². The minimum absolute atomic E-state index is 0.280. The van der Waals surface area contributed by atoms with Crippen LogP contribution in [0.4, 0.5) is 0 Å². The zero-order valence-electron chi connectivity index (χ0n) is 8.08. The Balaban J connectivity index is 2.75. The largest absolute Gasteiger partial charge is 0.369 e. The van der Waals surface area contributed by atoms with Crippen LogP contribution in [0.25, 0.3) is 0 Å². The van der Waals surface area contributed by atoms with Crippen LogP contribution in [0, 0.1) is 0 Å². The van der Waals surface area contributed by atoms with Gasteiger partial charge in [-0.1, -0.05) is 38.1 Å². The average Bonchev–Trinajstić information content (AvgIpc) is 2.04. The molecule has 1 aromatic carbocycles. The van der Waals surface area contributed by atoms with E-state index in [1.165, 1.54) is 5.56 Å². The molecule has 0 unspecified atom stereocenters. The molecule has 0 radical (unpaired) electrons. The Morgan fingerprint density at radius 3 is 2.23 bits per heavy atom. The molecule has 70 valence electrons. The Morgan fingerprint density at radius 1 is 1.31 bits per heavy atom. The molecule has 0 saturated carbocycles. The van der Waals surface area contributed by atoms with Crippen molar-refractivity contribution in [2.75, 3.05) is 0 Å². The lowest BCUT2D eigenvalue weighted by atomic mass is 10.0. The summed E-state index contributed by atoms with van der Waals surface area (Å²) in [6.07, 6.45) is 0.332. The lowest BCUT2D eigenvalue weighted by Crippen LogP contribution is -2.13. The topological polar surface area (TPSA) is 43.1 Å². The summed E-state index contributed by atoms with van der Waals surface area (Å²) in [7, 11) is 0. The van der Waals surface area contributed by atoms with Crippen molar-refractivity contribution in [3.05, 3.63) is 35.4 Å². The maximum Gasteiger partial charge on any atom is 0.221 e. The molecular formula is C11H15NO. The van der Waals surface area contributed by atoms with Gasteiger partial charge in [-0.15, -0.1) is 0 Å². The molecule has 1 aromatic rings. The Kier molecular flexibility index (Phi) is 3.07. The van der Waals surface area contributed by atoms with Gasteiger partial charge < -0.3 is 5.73 Å². The van der Waals surface area contributed by atoms with Crippen LogP contribution in [-0.2, 0) is 11.2 Å². The molecule has 0 atom stereocenters. The highest BCUT2D eigenvalue weighted by atomic mass is 16.1. The number of rotatable bonds is 3. The Labute approximate surface area is 78.8 Å². The summed E-state index contributed by atoms with van der Waals surface area (Å²) < 4.78 is 0. The molecule has 0 aliphatic heterocycles. The highest BCUT2D eigenvalue weighted by Gasteiger charge is 2.00. The van der Waals surface area contributed by atoms with E-state index >= 15 is 0 Å². The van der Waals surface area contributed by atoms with Gasteiger partial charge in [0.05, 0.1) is 6.42 Å². The van der Waals surface area contributed by atoms with Crippen molar-refractivity contribution in [1.29, 1.82) is 0 Å². The highest BCUT2D eigenvalue weighted by Crippen LogP contribution is 2.14. The number of amides is 1. The van der Waals surface area contributed by atoms with Crippen molar-refractivity contribution >= 4 is 5.91 Å². The average molecular weight is 177 g/mol. The van der Waals surface area contributed by atoms with Crippen LogP contribution in [0.3, 0.4) is 0 Å². The first-order valence-electron chi connectivity index (χ1n) is 4.46. The molecule has 0 aromatic heterocycles. The highest BCUT2D eigenvalue weighted by molar-refractivity contribution is 5.76. The van der Waals surface area contributed by atoms with Crippen molar-refractivity contribution < 1.29 is 4.79 Å². The summed E-state index contributed by atoms with van der Waals surface area (Å²) in [5.74, 6) is 0.250. The third-order valence-electron chi connectivity index (χ3n) is 2.02. The maximum absolute atomic E-state index is 10.6. The molecule has 0 bridgehead atoms. The third kappa shape index (κ3) is 2.90. The lowest BCUT2D eigenvalue weighted by Gasteiger charge is -2.05. The lowest BCUT2D eigenvalue weighted by molar-refractivity contribution is -0.117. The van der Waals surface area contributed by atoms with Gasteiger partial charge in [-0.2, -0.15) is 0 Å². The van der Waals surface area contributed by atoms with E-state index in [0.717, 1.165) is 5.56 Å². The SMILES string of the molecule is CC(C)c1ccc(CC(N)=O)cc1. The number of benzene rings is 1. The predicted molar refractivity (Wildman–Crippen MR) is 53.4 cm³/mol. The second-order valence-corrected chi connectivity index (χ2v) is 3.54. The van der Waals surface area contributed by atoms with E-state index in [4.69, 9.17) is 5.73 Å². The zero-order valence-corrected chi connectivity index (χ0v) is 8.08. The van der Waals surface area contributed by atoms with Gasteiger partial charge in [0, 0.05) is 0 Å². The van der Waals surface area contributed by atoms with E-state index in [0.29, 0.717) is 12.3 Å². The first-order valence-corrected chi connectivity index (χ1v) is 4.46. The van der Waals surface area contributed by atoms with E-state index in [9.17, 15) is 4.79 Å². The minimum atomic E-state index is -0.280. The van der Waals surface area contributed by atoms with Crippen LogP contribution in [-0.4, -0.2) is 5.91 Å². The predicted octanol–water partition coefficient (Wildman–Crippen LogP) is 1.84. The number of hydrogen-bond donors (Lipinski definition) is 1. The van der Waals surface area contributed by atoms with Crippen molar-refractivity contribution in [2.45, 2.75) is 26.2 Å². The summed E-state index contributed by atoms with van der Waals surface area (Å²) in [4.78, 5) is 10.6. The van der Waals surface area contributed by atoms with Crippen LogP contribution >= 0.6 is 0 Å². The Hall–Kier alpha value is -1.31. The first kappa shape index (κ1) is 9.78. The van der Waals surface area contributed by atoms with Crippen LogP contribution < -0.4 is 5.73 Å². The monoisotopic (exact) mass is 177 g/mol. The fourth-order valence-electron chi connectivity index (χ4n) is 1.22. The Bertz CT molecular complexity index is 287. The summed E-state index contributed by atoms with van der Waals surface area (Å²) in [5, 5.41) is 0. The van der Waals surface area contributed by atoms with Gasteiger partial charge in [-0.3, -0.25) is 4.79 Å². The van der Waals surface area contributed by atoms with Crippen LogP contribution in [0.5, 0.6) is 0 Å². The minimum Gasteiger partial charge on any atom is -0.369 e. The first-order chi connectivity index (χ1) is 6.09. The second-order valence-electron chi connectivity index (χ2n) is 3.54. The van der Waals surface area contributed by atoms with Crippen molar-refractivity contribution in [3.63, 3.8) is 0 Å². The van der Waals surface area contributed by atoms with Crippen LogP contribution in [0.2, 0.25) is 0 Å². The molecule has 0 spiro atoms. The normalized spacial score (nSPS) is 10.4. The molecule has 13 heavy (non-hydrogen) atoms. The molecule has 2 nitrogen and oxygen atoms in total. The van der Waals surface area contributed by atoms with Crippen LogP contribution in [0.1, 0.15) is 30.9 Å². The zero-order chi connectivity index (χ0) is 9.84. The molecule has 0 saturated heterocycles. The number of carbonyl (C=O) groups excluding carboxylic acids is 1. The second kappa shape index (κ2) is 4.08. The number of carbonyl (C=O) groups is 1. The molecule has 0 aliphatic rings. The summed E-state index contributed by atoms with van der Waals surface area (Å²) >= 11 is 0. The maximum atomic E-state index is 10.6. The smallest absolute Gasteiger partial charge is 0.221 e. The van der Waals surface area contributed by atoms with Gasteiger partial charge in [-0.05, 0) is 17.0 Å². The Morgan fingerprint density at radius 2 is 1.85 bits per heavy atom. The molecule has 0 heterocycles. The van der Waals surface area contributed by atoms with E-state index in [2.05, 4.69) is 13.8 Å². The molecule has 0 fully saturated rings. The van der Waals surface area contributed by atoms with Gasteiger partial charge in [-0.25, -0.2) is 0 Å². The molecular weight excluding hydrogens is 162 g/mol. The van der Waals surface area contributed by atoms with Gasteiger partial charge in [0.15, 0.2) is 0 Å². The summed E-state index contributed by atoms with van der Waals surface area (Å²) in [6.45, 7) is 4.28. The van der Waals surface area contributed by atoms with E-state index < -0.39 is 0 Å². The van der Waals surface area contributed by atoms with Crippen molar-refractivity contribution in [1.82, 2.24) is 0 Å². The van der Waals surface area contributed by atoms with Crippen LogP contribution in [0.15, 0.2) is 24.3 Å². The van der Waals surface area contributed by atoms with E-state index in [-0.39, 0.29) is 5.91 Å². The molecule has 1 rings (SSSR count). The molecule has 0 aliphatic carbocycles. The fourth-order valence-corrected chi connectivity index (χ4v) is 1.22. The fraction of sp³-hybridized carbons (Fsp3) is 0.364. The van der Waals surface area contributed by atoms with Gasteiger partial charge in [0.2, 0.25) is 5.91 Å². The molecule has 2 heteroatoms. The molecule has 1 amide bonds. The van der Waals surface area contributed by atoms with E-state index in [1.54, 1.807) is 0 Å². The standard InChI is InChI=1S/C11H15NO/c1-8(2)10-5-3-9(4-6-10)7-11(12)13/h3-6,8H,7H2,1-2H3,(H2,12,13). The van der Waals surface area contributed by atoms with Crippen molar-refractivity contribution in [2.24, 2.45) is 5.73 Å². The summed E-state index contributed by atoms with van der Waals surface area (Å²) in [5.41, 5.74) is 7.35. The number of primary amides is 1. The van der Waals surface area contributed by atoms with Gasteiger partial charge in [0.1, 0.15) is 0 Å². The molecule has 2 N–H and O–H groups in total. The quantitative estimate of drug-likeness (QED) is 0.752.